The Morgan fingerprint density at radius 1 is 0.564 bits per heavy atom. The number of carboxylic acid groups (broad SMARTS) is 1. The smallest absolute Gasteiger partial charge is 0.306 e. The van der Waals surface area contributed by atoms with E-state index in [1.54, 1.807) is 21.1 Å². The number of quaternary nitrogens is 1. The zero-order chi connectivity index (χ0) is 40.7. The van der Waals surface area contributed by atoms with Gasteiger partial charge in [-0.15, -0.1) is 0 Å². The largest absolute Gasteiger partial charge is 0.544 e. The SMILES string of the molecule is CC/C=C/C/C=C/CCCCCCCCCC(=O)OC(COCCC(C(=O)[O-])[N+](C)(C)C)COC(=O)CCC/C=C/C/C=C/C/C=C/C/C=C/CCCCC. The number of rotatable bonds is 37. The Hall–Kier alpha value is -3.23. The van der Waals surface area contributed by atoms with Gasteiger partial charge in [0.1, 0.15) is 12.6 Å². The fraction of sp³-hybridized carbons (Fsp3) is 0.681. The highest BCUT2D eigenvalue weighted by Crippen LogP contribution is 2.13. The first kappa shape index (κ1) is 51.8. The van der Waals surface area contributed by atoms with Gasteiger partial charge in [0.05, 0.1) is 40.3 Å². The van der Waals surface area contributed by atoms with Crippen molar-refractivity contribution in [1.29, 1.82) is 0 Å². The Balaban J connectivity index is 4.47. The number of allylic oxidation sites excluding steroid dienone is 12. The van der Waals surface area contributed by atoms with Gasteiger partial charge in [0.2, 0.25) is 0 Å². The van der Waals surface area contributed by atoms with Crippen LogP contribution in [0.3, 0.4) is 0 Å². The molecule has 0 spiro atoms. The standard InChI is InChI=1S/C47H79NO7/c1-6-8-10-12-14-16-18-20-22-23-24-26-27-29-31-33-35-37-45(49)54-42-43(41-53-40-39-44(47(51)52)48(3,4)5)55-46(50)38-36-34-32-30-28-25-21-19-17-15-13-11-9-7-2/h9,11,14-17,20,22,24,26,29,31,43-44H,6-8,10,12-13,18-19,21,23,25,27-28,30,32-42H2,1-5H3/b11-9+,16-14+,17-15+,22-20+,26-24+,31-29+. The minimum absolute atomic E-state index is 0.0166. The van der Waals surface area contributed by atoms with Crippen LogP contribution in [0.1, 0.15) is 155 Å². The minimum Gasteiger partial charge on any atom is -0.544 e. The second-order valence-corrected chi connectivity index (χ2v) is 15.2. The first-order chi connectivity index (χ1) is 26.6. The predicted molar refractivity (Wildman–Crippen MR) is 226 cm³/mol. The van der Waals surface area contributed by atoms with Gasteiger partial charge < -0.3 is 28.6 Å². The van der Waals surface area contributed by atoms with E-state index >= 15 is 0 Å². The first-order valence-electron chi connectivity index (χ1n) is 21.5. The summed E-state index contributed by atoms with van der Waals surface area (Å²) in [5.41, 5.74) is 0. The lowest BCUT2D eigenvalue weighted by Gasteiger charge is -2.34. The maximum absolute atomic E-state index is 12.7. The van der Waals surface area contributed by atoms with E-state index in [0.717, 1.165) is 70.6 Å². The maximum atomic E-state index is 12.7. The number of unbranched alkanes of at least 4 members (excludes halogenated alkanes) is 11. The summed E-state index contributed by atoms with van der Waals surface area (Å²) in [5, 5.41) is 11.6. The molecule has 0 amide bonds. The molecule has 0 heterocycles. The van der Waals surface area contributed by atoms with Crippen molar-refractivity contribution in [1.82, 2.24) is 0 Å². The fourth-order valence-corrected chi connectivity index (χ4v) is 5.75. The molecule has 314 valence electrons. The van der Waals surface area contributed by atoms with E-state index in [-0.39, 0.29) is 49.1 Å². The van der Waals surface area contributed by atoms with E-state index in [1.807, 2.05) is 0 Å². The van der Waals surface area contributed by atoms with Crippen LogP contribution >= 0.6 is 0 Å². The van der Waals surface area contributed by atoms with Crippen molar-refractivity contribution in [3.63, 3.8) is 0 Å². The van der Waals surface area contributed by atoms with Crippen LogP contribution in [-0.2, 0) is 28.6 Å². The lowest BCUT2D eigenvalue weighted by molar-refractivity contribution is -0.889. The zero-order valence-corrected chi connectivity index (χ0v) is 35.6. The van der Waals surface area contributed by atoms with E-state index < -0.39 is 18.1 Å². The van der Waals surface area contributed by atoms with Crippen LogP contribution in [0.5, 0.6) is 0 Å². The highest BCUT2D eigenvalue weighted by Gasteiger charge is 2.25. The van der Waals surface area contributed by atoms with Gasteiger partial charge in [0.15, 0.2) is 6.10 Å². The van der Waals surface area contributed by atoms with Crippen molar-refractivity contribution in [3.05, 3.63) is 72.9 Å². The average Bonchev–Trinajstić information content (AvgIpc) is 3.14. The topological polar surface area (TPSA) is 102 Å². The maximum Gasteiger partial charge on any atom is 0.306 e. The van der Waals surface area contributed by atoms with Crippen LogP contribution in [0.15, 0.2) is 72.9 Å². The molecule has 2 atom stereocenters. The molecule has 0 aromatic rings. The summed E-state index contributed by atoms with van der Waals surface area (Å²) in [6, 6.07) is -0.738. The van der Waals surface area contributed by atoms with Gasteiger partial charge in [-0.2, -0.15) is 0 Å². The Morgan fingerprint density at radius 2 is 1.04 bits per heavy atom. The van der Waals surface area contributed by atoms with Crippen LogP contribution in [0, 0.1) is 0 Å². The number of carbonyl (C=O) groups is 3. The number of nitrogens with zero attached hydrogens (tertiary/aromatic N) is 1. The highest BCUT2D eigenvalue weighted by atomic mass is 16.6. The summed E-state index contributed by atoms with van der Waals surface area (Å²) in [4.78, 5) is 36.8. The fourth-order valence-electron chi connectivity index (χ4n) is 5.75. The number of esters is 2. The molecule has 0 aromatic heterocycles. The van der Waals surface area contributed by atoms with Crippen molar-refractivity contribution in [2.24, 2.45) is 0 Å². The molecule has 0 saturated carbocycles. The molecule has 0 N–H and O–H groups in total. The second-order valence-electron chi connectivity index (χ2n) is 15.2. The lowest BCUT2D eigenvalue weighted by atomic mass is 10.1. The molecular weight excluding hydrogens is 691 g/mol. The number of carbonyl (C=O) groups excluding carboxylic acids is 3. The van der Waals surface area contributed by atoms with E-state index in [0.29, 0.717) is 12.8 Å². The number of hydrogen-bond acceptors (Lipinski definition) is 7. The van der Waals surface area contributed by atoms with Crippen molar-refractivity contribution >= 4 is 17.9 Å². The third-order valence-electron chi connectivity index (χ3n) is 9.08. The van der Waals surface area contributed by atoms with Gasteiger partial charge in [-0.25, -0.2) is 0 Å². The van der Waals surface area contributed by atoms with Gasteiger partial charge in [0, 0.05) is 19.3 Å². The van der Waals surface area contributed by atoms with Gasteiger partial charge in [0.25, 0.3) is 0 Å². The summed E-state index contributed by atoms with van der Waals surface area (Å²) in [7, 11) is 5.38. The number of aliphatic carboxylic acids is 1. The van der Waals surface area contributed by atoms with Crippen LogP contribution in [0.2, 0.25) is 0 Å². The summed E-state index contributed by atoms with van der Waals surface area (Å²) in [6.07, 6.45) is 46.4. The molecular formula is C47H79NO7. The summed E-state index contributed by atoms with van der Waals surface area (Å²) >= 11 is 0. The molecule has 0 aliphatic heterocycles. The Labute approximate surface area is 336 Å². The van der Waals surface area contributed by atoms with Crippen LogP contribution in [-0.4, -0.2) is 75.5 Å². The summed E-state index contributed by atoms with van der Waals surface area (Å²) in [5.74, 6) is -1.83. The van der Waals surface area contributed by atoms with E-state index in [4.69, 9.17) is 14.2 Å². The molecule has 8 heteroatoms. The van der Waals surface area contributed by atoms with E-state index in [1.165, 1.54) is 44.9 Å². The summed E-state index contributed by atoms with van der Waals surface area (Å²) < 4.78 is 17.1. The van der Waals surface area contributed by atoms with Crippen LogP contribution in [0.25, 0.3) is 0 Å². The Morgan fingerprint density at radius 3 is 1.56 bits per heavy atom. The number of hydrogen-bond donors (Lipinski definition) is 0. The third-order valence-corrected chi connectivity index (χ3v) is 9.08. The Bertz CT molecular complexity index is 1130. The summed E-state index contributed by atoms with van der Waals surface area (Å²) in [6.45, 7) is 4.44. The van der Waals surface area contributed by atoms with E-state index in [2.05, 4.69) is 86.8 Å². The van der Waals surface area contributed by atoms with Gasteiger partial charge in [-0.3, -0.25) is 9.59 Å². The third kappa shape index (κ3) is 36.2. The molecule has 0 bridgehead atoms. The molecule has 0 radical (unpaired) electrons. The molecule has 0 rings (SSSR count). The van der Waals surface area contributed by atoms with Crippen molar-refractivity contribution < 1.29 is 38.2 Å². The van der Waals surface area contributed by atoms with E-state index in [9.17, 15) is 19.5 Å². The second kappa shape index (κ2) is 37.7. The average molecular weight is 770 g/mol. The molecule has 0 aromatic carbocycles. The van der Waals surface area contributed by atoms with Gasteiger partial charge >= 0.3 is 11.9 Å². The minimum atomic E-state index is -1.14. The zero-order valence-electron chi connectivity index (χ0n) is 35.6. The molecule has 0 aliphatic carbocycles. The van der Waals surface area contributed by atoms with Crippen molar-refractivity contribution in [2.75, 3.05) is 41.0 Å². The monoisotopic (exact) mass is 770 g/mol. The molecule has 0 aliphatic rings. The van der Waals surface area contributed by atoms with Crippen LogP contribution < -0.4 is 5.11 Å². The molecule has 0 saturated heterocycles. The normalized spacial score (nSPS) is 13.7. The molecule has 8 nitrogen and oxygen atoms in total. The quantitative estimate of drug-likeness (QED) is 0.0268. The Kier molecular flexibility index (Phi) is 35.5. The highest BCUT2D eigenvalue weighted by molar-refractivity contribution is 5.70. The van der Waals surface area contributed by atoms with Crippen molar-refractivity contribution in [3.8, 4) is 0 Å². The molecule has 55 heavy (non-hydrogen) atoms. The lowest BCUT2D eigenvalue weighted by Crippen LogP contribution is -2.55. The van der Waals surface area contributed by atoms with Gasteiger partial charge in [-0.1, -0.05) is 132 Å². The van der Waals surface area contributed by atoms with Crippen molar-refractivity contribution in [2.45, 2.75) is 167 Å². The predicted octanol–water partition coefficient (Wildman–Crippen LogP) is 10.2. The number of ether oxygens (including phenoxy) is 3. The van der Waals surface area contributed by atoms with Crippen LogP contribution in [0.4, 0.5) is 0 Å². The molecule has 2 unspecified atom stereocenters. The first-order valence-corrected chi connectivity index (χ1v) is 21.5. The number of carboxylic acids is 1. The van der Waals surface area contributed by atoms with Gasteiger partial charge in [-0.05, 0) is 77.0 Å². The molecule has 0 fully saturated rings. The number of likely N-dealkylation sites (N-methyl/N-ethyl adjacent to an activating group) is 1.